The second-order valence-corrected chi connectivity index (χ2v) is 5.81. The second-order valence-electron chi connectivity index (χ2n) is 4.89. The first-order chi connectivity index (χ1) is 9.38. The summed E-state index contributed by atoms with van der Waals surface area (Å²) in [5.74, 6) is -1.07. The molecule has 0 aliphatic heterocycles. The Morgan fingerprint density at radius 1 is 1.30 bits per heavy atom. The van der Waals surface area contributed by atoms with E-state index in [0.717, 1.165) is 10.0 Å². The molecular weight excluding hydrogens is 322 g/mol. The molecule has 0 aliphatic rings. The smallest absolute Gasteiger partial charge is 0.323 e. The first kappa shape index (κ1) is 16.4. The van der Waals surface area contributed by atoms with E-state index in [4.69, 9.17) is 5.11 Å². The molecule has 1 aromatic carbocycles. The zero-order chi connectivity index (χ0) is 15.1. The summed E-state index contributed by atoms with van der Waals surface area (Å²) in [6.45, 7) is 4.04. The molecule has 1 rings (SSSR count). The van der Waals surface area contributed by atoms with Crippen LogP contribution in [0.1, 0.15) is 19.4 Å². The number of hydrogen-bond acceptors (Lipinski definition) is 2. The lowest BCUT2D eigenvalue weighted by molar-refractivity contribution is -0.143. The van der Waals surface area contributed by atoms with Gasteiger partial charge in [-0.1, -0.05) is 41.9 Å². The van der Waals surface area contributed by atoms with Crippen LogP contribution in [0.25, 0.3) is 6.08 Å². The summed E-state index contributed by atoms with van der Waals surface area (Å²) in [5.41, 5.74) is 0.890. The minimum Gasteiger partial charge on any atom is -0.480 e. The first-order valence-corrected chi connectivity index (χ1v) is 7.12. The summed E-state index contributed by atoms with van der Waals surface area (Å²) in [6.07, 6.45) is 3.10. The van der Waals surface area contributed by atoms with Crippen LogP contribution in [-0.4, -0.2) is 35.0 Å². The van der Waals surface area contributed by atoms with Gasteiger partial charge in [0.05, 0.1) is 0 Å². The second kappa shape index (κ2) is 7.85. The molecule has 108 valence electrons. The molecule has 0 saturated carbocycles. The van der Waals surface area contributed by atoms with Crippen LogP contribution in [0.15, 0.2) is 34.8 Å². The molecule has 0 aliphatic carbocycles. The standard InChI is InChI=1S/C15H18BrNO3/c1-11(2)9-17(10-15(19)20)14(18)8-5-12-3-6-13(16)7-4-12/h3-8,11H,9-10H2,1-2H3,(H,19,20). The zero-order valence-corrected chi connectivity index (χ0v) is 13.1. The number of carboxylic acids is 1. The van der Waals surface area contributed by atoms with Crippen molar-refractivity contribution in [3.05, 3.63) is 40.4 Å². The maximum Gasteiger partial charge on any atom is 0.323 e. The maximum absolute atomic E-state index is 12.0. The van der Waals surface area contributed by atoms with Gasteiger partial charge < -0.3 is 10.0 Å². The predicted molar refractivity (Wildman–Crippen MR) is 82.2 cm³/mol. The number of nitrogens with zero attached hydrogens (tertiary/aromatic N) is 1. The largest absolute Gasteiger partial charge is 0.480 e. The summed E-state index contributed by atoms with van der Waals surface area (Å²) in [7, 11) is 0. The average molecular weight is 340 g/mol. The summed E-state index contributed by atoms with van der Waals surface area (Å²) in [4.78, 5) is 24.1. The number of benzene rings is 1. The van der Waals surface area contributed by atoms with Gasteiger partial charge >= 0.3 is 5.97 Å². The summed E-state index contributed by atoms with van der Waals surface area (Å²) in [5, 5.41) is 8.84. The van der Waals surface area contributed by atoms with Gasteiger partial charge in [-0.15, -0.1) is 0 Å². The third kappa shape index (κ3) is 6.02. The molecule has 0 bridgehead atoms. The number of hydrogen-bond donors (Lipinski definition) is 1. The number of halogens is 1. The fourth-order valence-electron chi connectivity index (χ4n) is 1.68. The van der Waals surface area contributed by atoms with Crippen LogP contribution in [0.2, 0.25) is 0 Å². The fraction of sp³-hybridized carbons (Fsp3) is 0.333. The summed E-state index contributed by atoms with van der Waals surface area (Å²) < 4.78 is 0.966. The maximum atomic E-state index is 12.0. The van der Waals surface area contributed by atoms with E-state index in [9.17, 15) is 9.59 Å². The van der Waals surface area contributed by atoms with Crippen LogP contribution < -0.4 is 0 Å². The summed E-state index contributed by atoms with van der Waals surface area (Å²) >= 11 is 3.34. The Labute approximate surface area is 127 Å². The predicted octanol–water partition coefficient (Wildman–Crippen LogP) is 3.03. The number of carbonyl (C=O) groups is 2. The van der Waals surface area contributed by atoms with Gasteiger partial charge in [-0.3, -0.25) is 9.59 Å². The van der Waals surface area contributed by atoms with Gasteiger partial charge in [-0.05, 0) is 29.7 Å². The lowest BCUT2D eigenvalue weighted by Gasteiger charge is -2.21. The van der Waals surface area contributed by atoms with Crippen LogP contribution in [0, 0.1) is 5.92 Å². The molecule has 1 aromatic rings. The molecule has 20 heavy (non-hydrogen) atoms. The highest BCUT2D eigenvalue weighted by Crippen LogP contribution is 2.11. The van der Waals surface area contributed by atoms with Crippen molar-refractivity contribution in [3.8, 4) is 0 Å². The van der Waals surface area contributed by atoms with E-state index in [-0.39, 0.29) is 18.4 Å². The number of carboxylic acid groups (broad SMARTS) is 1. The lowest BCUT2D eigenvalue weighted by Crippen LogP contribution is -2.37. The first-order valence-electron chi connectivity index (χ1n) is 6.33. The van der Waals surface area contributed by atoms with Gasteiger partial charge in [-0.25, -0.2) is 0 Å². The zero-order valence-electron chi connectivity index (χ0n) is 11.5. The molecule has 0 unspecified atom stereocenters. The van der Waals surface area contributed by atoms with Crippen molar-refractivity contribution in [2.24, 2.45) is 5.92 Å². The molecule has 0 atom stereocenters. The average Bonchev–Trinajstić information content (AvgIpc) is 2.36. The van der Waals surface area contributed by atoms with Gasteiger partial charge in [0.25, 0.3) is 0 Å². The molecular formula is C15H18BrNO3. The van der Waals surface area contributed by atoms with E-state index in [0.29, 0.717) is 6.54 Å². The number of carbonyl (C=O) groups excluding carboxylic acids is 1. The molecule has 0 spiro atoms. The van der Waals surface area contributed by atoms with E-state index in [1.165, 1.54) is 11.0 Å². The Balaban J connectivity index is 2.73. The van der Waals surface area contributed by atoms with Crippen LogP contribution >= 0.6 is 15.9 Å². The molecule has 0 aromatic heterocycles. The monoisotopic (exact) mass is 339 g/mol. The highest BCUT2D eigenvalue weighted by molar-refractivity contribution is 9.10. The third-order valence-electron chi connectivity index (χ3n) is 2.51. The molecule has 0 fully saturated rings. The van der Waals surface area contributed by atoms with Crippen molar-refractivity contribution >= 4 is 33.9 Å². The van der Waals surface area contributed by atoms with Crippen molar-refractivity contribution < 1.29 is 14.7 Å². The Morgan fingerprint density at radius 2 is 1.90 bits per heavy atom. The van der Waals surface area contributed by atoms with E-state index in [2.05, 4.69) is 15.9 Å². The van der Waals surface area contributed by atoms with Crippen molar-refractivity contribution in [3.63, 3.8) is 0 Å². The van der Waals surface area contributed by atoms with E-state index < -0.39 is 5.97 Å². The number of amides is 1. The van der Waals surface area contributed by atoms with E-state index >= 15 is 0 Å². The highest BCUT2D eigenvalue weighted by Gasteiger charge is 2.15. The summed E-state index contributed by atoms with van der Waals surface area (Å²) in [6, 6.07) is 7.51. The van der Waals surface area contributed by atoms with Crippen molar-refractivity contribution in [2.75, 3.05) is 13.1 Å². The van der Waals surface area contributed by atoms with Gasteiger partial charge in [-0.2, -0.15) is 0 Å². The minimum absolute atomic E-state index is 0.222. The third-order valence-corrected chi connectivity index (χ3v) is 3.04. The Bertz CT molecular complexity index is 494. The molecule has 4 nitrogen and oxygen atoms in total. The Kier molecular flexibility index (Phi) is 6.45. The topological polar surface area (TPSA) is 57.6 Å². The van der Waals surface area contributed by atoms with Gasteiger partial charge in [0.1, 0.15) is 6.54 Å². The molecule has 1 amide bonds. The highest BCUT2D eigenvalue weighted by atomic mass is 79.9. The SMILES string of the molecule is CC(C)CN(CC(=O)O)C(=O)C=Cc1ccc(Br)cc1. The molecule has 0 heterocycles. The molecule has 0 saturated heterocycles. The Hall–Kier alpha value is -1.62. The van der Waals surface area contributed by atoms with Crippen LogP contribution in [-0.2, 0) is 9.59 Å². The van der Waals surface area contributed by atoms with E-state index in [1.807, 2.05) is 38.1 Å². The van der Waals surface area contributed by atoms with Crippen LogP contribution in [0.3, 0.4) is 0 Å². The van der Waals surface area contributed by atoms with Gasteiger partial charge in [0, 0.05) is 17.1 Å². The van der Waals surface area contributed by atoms with E-state index in [1.54, 1.807) is 6.08 Å². The Morgan fingerprint density at radius 3 is 2.40 bits per heavy atom. The fourth-order valence-corrected chi connectivity index (χ4v) is 1.95. The quantitative estimate of drug-likeness (QED) is 0.810. The molecule has 0 radical (unpaired) electrons. The van der Waals surface area contributed by atoms with Crippen molar-refractivity contribution in [1.82, 2.24) is 4.90 Å². The lowest BCUT2D eigenvalue weighted by atomic mass is 10.2. The minimum atomic E-state index is -1.00. The van der Waals surface area contributed by atoms with Gasteiger partial charge in [0.2, 0.25) is 5.91 Å². The number of aliphatic carboxylic acids is 1. The molecule has 5 heteroatoms. The van der Waals surface area contributed by atoms with Crippen molar-refractivity contribution in [2.45, 2.75) is 13.8 Å². The molecule has 1 N–H and O–H groups in total. The normalized spacial score (nSPS) is 11.0. The van der Waals surface area contributed by atoms with Crippen molar-refractivity contribution in [1.29, 1.82) is 0 Å². The van der Waals surface area contributed by atoms with Crippen LogP contribution in [0.4, 0.5) is 0 Å². The number of rotatable bonds is 6. The van der Waals surface area contributed by atoms with Crippen LogP contribution in [0.5, 0.6) is 0 Å². The van der Waals surface area contributed by atoms with Gasteiger partial charge in [0.15, 0.2) is 0 Å².